The van der Waals surface area contributed by atoms with Gasteiger partial charge in [-0.2, -0.15) is 0 Å². The van der Waals surface area contributed by atoms with E-state index in [1.807, 2.05) is 6.92 Å². The molecule has 0 amide bonds. The average molecular weight is 303 g/mol. The third-order valence-electron chi connectivity index (χ3n) is 2.84. The Morgan fingerprint density at radius 2 is 2.05 bits per heavy atom. The van der Waals surface area contributed by atoms with E-state index >= 15 is 0 Å². The predicted octanol–water partition coefficient (Wildman–Crippen LogP) is 1.29. The van der Waals surface area contributed by atoms with Crippen LogP contribution in [0, 0.1) is 0 Å². The summed E-state index contributed by atoms with van der Waals surface area (Å²) in [6, 6.07) is 0. The Hall–Kier alpha value is -1.41. The maximum atomic E-state index is 11.9. The minimum atomic E-state index is -3.52. The highest BCUT2D eigenvalue weighted by molar-refractivity contribution is 7.89. The van der Waals surface area contributed by atoms with E-state index in [2.05, 4.69) is 14.7 Å². The first kappa shape index (κ1) is 16.6. The van der Waals surface area contributed by atoms with Gasteiger partial charge in [0, 0.05) is 19.4 Å². The molecule has 3 N–H and O–H groups in total. The van der Waals surface area contributed by atoms with E-state index in [9.17, 15) is 13.2 Å². The largest absolute Gasteiger partial charge is 0.481 e. The third-order valence-corrected chi connectivity index (χ3v) is 4.21. The van der Waals surface area contributed by atoms with Gasteiger partial charge in [0.05, 0.1) is 6.20 Å². The lowest BCUT2D eigenvalue weighted by atomic mass is 10.1. The van der Waals surface area contributed by atoms with Gasteiger partial charge >= 0.3 is 5.97 Å². The van der Waals surface area contributed by atoms with Crippen LogP contribution in [0.2, 0.25) is 0 Å². The van der Waals surface area contributed by atoms with Crippen molar-refractivity contribution in [1.29, 1.82) is 0 Å². The van der Waals surface area contributed by atoms with Gasteiger partial charge in [0.25, 0.3) is 10.0 Å². The number of rotatable bonds is 10. The first-order chi connectivity index (χ1) is 9.45. The number of aromatic nitrogens is 2. The van der Waals surface area contributed by atoms with E-state index in [-0.39, 0.29) is 11.4 Å². The number of aryl methyl sites for hydroxylation is 1. The summed E-state index contributed by atoms with van der Waals surface area (Å²) in [5.41, 5.74) is 0. The number of hydrogen-bond donors (Lipinski definition) is 3. The lowest BCUT2D eigenvalue weighted by molar-refractivity contribution is -0.137. The smallest absolute Gasteiger partial charge is 0.303 e. The van der Waals surface area contributed by atoms with Gasteiger partial charge in [-0.15, -0.1) is 0 Å². The second-order valence-corrected chi connectivity index (χ2v) is 6.24. The summed E-state index contributed by atoms with van der Waals surface area (Å²) < 4.78 is 26.3. The zero-order valence-corrected chi connectivity index (χ0v) is 12.4. The molecule has 1 aromatic heterocycles. The first-order valence-corrected chi connectivity index (χ1v) is 8.19. The number of carbonyl (C=O) groups is 1. The van der Waals surface area contributed by atoms with Crippen LogP contribution in [0.4, 0.5) is 0 Å². The molecule has 0 spiro atoms. The van der Waals surface area contributed by atoms with Crippen molar-refractivity contribution >= 4 is 16.0 Å². The highest BCUT2D eigenvalue weighted by atomic mass is 32.2. The maximum absolute atomic E-state index is 11.9. The second-order valence-electron chi connectivity index (χ2n) is 4.50. The molecule has 8 heteroatoms. The maximum Gasteiger partial charge on any atom is 0.303 e. The predicted molar refractivity (Wildman–Crippen MR) is 73.9 cm³/mol. The molecule has 0 atom stereocenters. The SMILES string of the molecule is CCc1ncc(S(=O)(=O)NCCCCCCC(=O)O)[nH]1. The Morgan fingerprint density at radius 3 is 2.65 bits per heavy atom. The van der Waals surface area contributed by atoms with E-state index in [0.29, 0.717) is 31.6 Å². The summed E-state index contributed by atoms with van der Waals surface area (Å²) in [4.78, 5) is 17.0. The summed E-state index contributed by atoms with van der Waals surface area (Å²) in [5.74, 6) is -0.157. The highest BCUT2D eigenvalue weighted by Gasteiger charge is 2.15. The van der Waals surface area contributed by atoms with E-state index in [4.69, 9.17) is 5.11 Å². The number of carboxylic acid groups (broad SMARTS) is 1. The lowest BCUT2D eigenvalue weighted by Crippen LogP contribution is -2.25. The number of aromatic amines is 1. The third kappa shape index (κ3) is 5.70. The molecule has 7 nitrogen and oxygen atoms in total. The normalized spacial score (nSPS) is 11.7. The van der Waals surface area contributed by atoms with Crippen LogP contribution < -0.4 is 4.72 Å². The van der Waals surface area contributed by atoms with Crippen LogP contribution >= 0.6 is 0 Å². The van der Waals surface area contributed by atoms with Crippen LogP contribution in [-0.2, 0) is 21.2 Å². The summed E-state index contributed by atoms with van der Waals surface area (Å²) in [5, 5.41) is 8.55. The number of unbranched alkanes of at least 4 members (excludes halogenated alkanes) is 3. The summed E-state index contributed by atoms with van der Waals surface area (Å²) in [7, 11) is -3.52. The second kappa shape index (κ2) is 8.01. The zero-order chi connectivity index (χ0) is 15.0. The van der Waals surface area contributed by atoms with Gasteiger partial charge in [-0.05, 0) is 12.8 Å². The van der Waals surface area contributed by atoms with Gasteiger partial charge in [0.15, 0.2) is 5.03 Å². The Kier molecular flexibility index (Phi) is 6.66. The van der Waals surface area contributed by atoms with Crippen molar-refractivity contribution < 1.29 is 18.3 Å². The molecule has 0 bridgehead atoms. The Labute approximate surface area is 118 Å². The Morgan fingerprint density at radius 1 is 1.35 bits per heavy atom. The van der Waals surface area contributed by atoms with Crippen LogP contribution in [0.3, 0.4) is 0 Å². The van der Waals surface area contributed by atoms with Gasteiger partial charge in [0.2, 0.25) is 0 Å². The number of sulfonamides is 1. The molecule has 0 unspecified atom stereocenters. The molecule has 1 heterocycles. The monoisotopic (exact) mass is 303 g/mol. The van der Waals surface area contributed by atoms with E-state index in [1.54, 1.807) is 0 Å². The van der Waals surface area contributed by atoms with Crippen molar-refractivity contribution in [3.05, 3.63) is 12.0 Å². The number of imidazole rings is 1. The number of nitrogens with zero attached hydrogens (tertiary/aromatic N) is 1. The molecule has 0 aromatic carbocycles. The van der Waals surface area contributed by atoms with Crippen LogP contribution in [0.15, 0.2) is 11.2 Å². The van der Waals surface area contributed by atoms with Crippen LogP contribution in [0.25, 0.3) is 0 Å². The van der Waals surface area contributed by atoms with Gasteiger partial charge < -0.3 is 10.1 Å². The van der Waals surface area contributed by atoms with Crippen molar-refractivity contribution in [3.63, 3.8) is 0 Å². The van der Waals surface area contributed by atoms with Gasteiger partial charge in [-0.1, -0.05) is 19.8 Å². The minimum Gasteiger partial charge on any atom is -0.481 e. The fourth-order valence-corrected chi connectivity index (χ4v) is 2.71. The molecular formula is C12H21N3O4S. The molecule has 0 saturated heterocycles. The molecule has 0 fully saturated rings. The molecule has 20 heavy (non-hydrogen) atoms. The number of H-pyrrole nitrogens is 1. The summed E-state index contributed by atoms with van der Waals surface area (Å²) in [6.45, 7) is 2.23. The average Bonchev–Trinajstić information content (AvgIpc) is 2.86. The molecule has 1 aromatic rings. The standard InChI is InChI=1S/C12H21N3O4S/c1-2-10-13-9-11(15-10)20(18,19)14-8-6-4-3-5-7-12(16)17/h9,14H,2-8H2,1H3,(H,13,15)(H,16,17). The zero-order valence-electron chi connectivity index (χ0n) is 11.6. The van der Waals surface area contributed by atoms with Crippen molar-refractivity contribution in [1.82, 2.24) is 14.7 Å². The quantitative estimate of drug-likeness (QED) is 0.564. The Bertz CT molecular complexity index is 525. The number of nitrogens with one attached hydrogen (secondary N) is 2. The summed E-state index contributed by atoms with van der Waals surface area (Å²) >= 11 is 0. The topological polar surface area (TPSA) is 112 Å². The Balaban J connectivity index is 2.25. The molecule has 114 valence electrons. The number of carboxylic acids is 1. The van der Waals surface area contributed by atoms with Gasteiger partial charge in [-0.3, -0.25) is 4.79 Å². The number of aliphatic carboxylic acids is 1. The fraction of sp³-hybridized carbons (Fsp3) is 0.667. The minimum absolute atomic E-state index is 0.0835. The van der Waals surface area contributed by atoms with E-state index < -0.39 is 16.0 Å². The van der Waals surface area contributed by atoms with Crippen molar-refractivity contribution in [2.45, 2.75) is 50.5 Å². The van der Waals surface area contributed by atoms with Crippen molar-refractivity contribution in [3.8, 4) is 0 Å². The summed E-state index contributed by atoms with van der Waals surface area (Å²) in [6.07, 6.45) is 5.04. The van der Waals surface area contributed by atoms with Crippen LogP contribution in [-0.4, -0.2) is 36.0 Å². The van der Waals surface area contributed by atoms with E-state index in [0.717, 1.165) is 12.8 Å². The molecule has 0 aliphatic rings. The fourth-order valence-electron chi connectivity index (χ4n) is 1.70. The highest BCUT2D eigenvalue weighted by Crippen LogP contribution is 2.07. The molecule has 0 saturated carbocycles. The molecular weight excluding hydrogens is 282 g/mol. The van der Waals surface area contributed by atoms with Gasteiger partial charge in [0.1, 0.15) is 5.82 Å². The van der Waals surface area contributed by atoms with Crippen molar-refractivity contribution in [2.24, 2.45) is 0 Å². The molecule has 1 rings (SSSR count). The molecule has 0 aliphatic carbocycles. The molecule has 0 aliphatic heterocycles. The first-order valence-electron chi connectivity index (χ1n) is 6.71. The number of hydrogen-bond acceptors (Lipinski definition) is 4. The van der Waals surface area contributed by atoms with E-state index in [1.165, 1.54) is 6.20 Å². The molecule has 0 radical (unpaired) electrons. The van der Waals surface area contributed by atoms with Gasteiger partial charge in [-0.25, -0.2) is 18.1 Å². The van der Waals surface area contributed by atoms with Crippen LogP contribution in [0.5, 0.6) is 0 Å². The lowest BCUT2D eigenvalue weighted by Gasteiger charge is -2.04. The van der Waals surface area contributed by atoms with Crippen molar-refractivity contribution in [2.75, 3.05) is 6.54 Å². The van der Waals surface area contributed by atoms with Crippen LogP contribution in [0.1, 0.15) is 44.9 Å².